The molecule has 19 heavy (non-hydrogen) atoms. The minimum absolute atomic E-state index is 0.0460. The third-order valence-electron chi connectivity index (χ3n) is 3.02. The van der Waals surface area contributed by atoms with Crippen molar-refractivity contribution in [3.8, 4) is 11.5 Å². The van der Waals surface area contributed by atoms with E-state index in [4.69, 9.17) is 4.74 Å². The molecule has 1 aliphatic heterocycles. The fraction of sp³-hybridized carbons (Fsp3) is 0.417. The Morgan fingerprint density at radius 1 is 1.47 bits per heavy atom. The number of aromatic hydroxyl groups is 1. The summed E-state index contributed by atoms with van der Waals surface area (Å²) in [6, 6.07) is 3.94. The average molecular weight is 285 g/mol. The van der Waals surface area contributed by atoms with Gasteiger partial charge in [0, 0.05) is 12.1 Å². The van der Waals surface area contributed by atoms with Crippen LogP contribution in [0.5, 0.6) is 11.5 Å². The number of amides is 1. The van der Waals surface area contributed by atoms with Gasteiger partial charge in [-0.1, -0.05) is 0 Å². The van der Waals surface area contributed by atoms with Crippen molar-refractivity contribution in [2.45, 2.75) is 12.5 Å². The van der Waals surface area contributed by atoms with Gasteiger partial charge in [0.2, 0.25) is 0 Å². The Bertz CT molecular complexity index is 596. The Labute approximate surface area is 111 Å². The molecule has 0 aromatic heterocycles. The van der Waals surface area contributed by atoms with Crippen molar-refractivity contribution in [2.24, 2.45) is 0 Å². The van der Waals surface area contributed by atoms with Gasteiger partial charge in [-0.25, -0.2) is 8.42 Å². The molecule has 0 radical (unpaired) electrons. The summed E-state index contributed by atoms with van der Waals surface area (Å²) in [6.07, 6.45) is 0.408. The van der Waals surface area contributed by atoms with E-state index in [1.165, 1.54) is 19.2 Å². The first-order chi connectivity index (χ1) is 8.91. The van der Waals surface area contributed by atoms with Crippen molar-refractivity contribution in [3.05, 3.63) is 23.8 Å². The predicted octanol–water partition coefficient (Wildman–Crippen LogP) is 0.318. The summed E-state index contributed by atoms with van der Waals surface area (Å²) in [5, 5.41) is 12.3. The molecule has 0 aliphatic carbocycles. The molecule has 7 heteroatoms. The lowest BCUT2D eigenvalue weighted by molar-refractivity contribution is 0.0938. The highest BCUT2D eigenvalue weighted by atomic mass is 32.2. The van der Waals surface area contributed by atoms with E-state index in [1.54, 1.807) is 6.07 Å². The summed E-state index contributed by atoms with van der Waals surface area (Å²) in [6.45, 7) is 0. The number of sulfone groups is 1. The SMILES string of the molecule is COc1ccc(C(=O)NC2CCS(=O)(=O)C2)c(O)c1. The summed E-state index contributed by atoms with van der Waals surface area (Å²) in [5.74, 6) is -0.195. The van der Waals surface area contributed by atoms with E-state index < -0.39 is 15.7 Å². The van der Waals surface area contributed by atoms with Gasteiger partial charge in [0.05, 0.1) is 24.2 Å². The lowest BCUT2D eigenvalue weighted by Crippen LogP contribution is -2.35. The van der Waals surface area contributed by atoms with Crippen molar-refractivity contribution in [1.82, 2.24) is 5.32 Å². The standard InChI is InChI=1S/C12H15NO5S/c1-18-9-2-3-10(11(14)6-9)12(15)13-8-4-5-19(16,17)7-8/h2-3,6,8,14H,4-5,7H2,1H3,(H,13,15). The van der Waals surface area contributed by atoms with Crippen LogP contribution in [0.15, 0.2) is 18.2 Å². The van der Waals surface area contributed by atoms with Crippen LogP contribution >= 0.6 is 0 Å². The Morgan fingerprint density at radius 2 is 2.21 bits per heavy atom. The van der Waals surface area contributed by atoms with Gasteiger partial charge >= 0.3 is 0 Å². The van der Waals surface area contributed by atoms with Crippen molar-refractivity contribution >= 4 is 15.7 Å². The van der Waals surface area contributed by atoms with E-state index >= 15 is 0 Å². The normalized spacial score (nSPS) is 21.0. The van der Waals surface area contributed by atoms with E-state index in [-0.39, 0.29) is 28.9 Å². The zero-order valence-electron chi connectivity index (χ0n) is 10.4. The van der Waals surface area contributed by atoms with Gasteiger partial charge in [-0.05, 0) is 18.6 Å². The second-order valence-corrected chi connectivity index (χ2v) is 6.69. The smallest absolute Gasteiger partial charge is 0.255 e. The van der Waals surface area contributed by atoms with Crippen LogP contribution in [0, 0.1) is 0 Å². The molecule has 1 fully saturated rings. The largest absolute Gasteiger partial charge is 0.507 e. The number of methoxy groups -OCH3 is 1. The van der Waals surface area contributed by atoms with Gasteiger partial charge in [-0.3, -0.25) is 4.79 Å². The average Bonchev–Trinajstić information content (AvgIpc) is 2.68. The third kappa shape index (κ3) is 3.17. The monoisotopic (exact) mass is 285 g/mol. The molecule has 1 heterocycles. The van der Waals surface area contributed by atoms with Crippen LogP contribution in [0.1, 0.15) is 16.8 Å². The third-order valence-corrected chi connectivity index (χ3v) is 4.79. The van der Waals surface area contributed by atoms with Gasteiger partial charge in [0.25, 0.3) is 5.91 Å². The van der Waals surface area contributed by atoms with E-state index in [2.05, 4.69) is 5.32 Å². The number of phenolic OH excluding ortho intramolecular Hbond substituents is 1. The number of hydrogen-bond donors (Lipinski definition) is 2. The predicted molar refractivity (Wildman–Crippen MR) is 69.2 cm³/mol. The van der Waals surface area contributed by atoms with Gasteiger partial charge < -0.3 is 15.2 Å². The summed E-state index contributed by atoms with van der Waals surface area (Å²) in [7, 11) is -1.59. The Kier molecular flexibility index (Phi) is 3.66. The molecule has 1 aromatic rings. The van der Waals surface area contributed by atoms with Crippen LogP contribution in [0.25, 0.3) is 0 Å². The molecule has 2 N–H and O–H groups in total. The van der Waals surface area contributed by atoms with E-state index in [9.17, 15) is 18.3 Å². The van der Waals surface area contributed by atoms with Crippen molar-refractivity contribution in [2.75, 3.05) is 18.6 Å². The maximum Gasteiger partial charge on any atom is 0.255 e. The van der Waals surface area contributed by atoms with E-state index in [0.29, 0.717) is 12.2 Å². The minimum Gasteiger partial charge on any atom is -0.507 e. The summed E-state index contributed by atoms with van der Waals surface area (Å²) in [4.78, 5) is 11.9. The first kappa shape index (κ1) is 13.7. The molecule has 2 rings (SSSR count). The number of ether oxygens (including phenoxy) is 1. The molecule has 1 amide bonds. The Balaban J connectivity index is 2.08. The molecule has 1 aliphatic rings. The molecule has 0 bridgehead atoms. The second kappa shape index (κ2) is 5.08. The molecule has 1 unspecified atom stereocenters. The maximum atomic E-state index is 11.9. The lowest BCUT2D eigenvalue weighted by Gasteiger charge is -2.12. The highest BCUT2D eigenvalue weighted by Crippen LogP contribution is 2.23. The van der Waals surface area contributed by atoms with Crippen molar-refractivity contribution in [1.29, 1.82) is 0 Å². The second-order valence-electron chi connectivity index (χ2n) is 4.46. The first-order valence-corrected chi connectivity index (χ1v) is 7.62. The number of nitrogens with one attached hydrogen (secondary N) is 1. The highest BCUT2D eigenvalue weighted by Gasteiger charge is 2.29. The molecule has 1 atom stereocenters. The Morgan fingerprint density at radius 3 is 2.74 bits per heavy atom. The topological polar surface area (TPSA) is 92.7 Å². The summed E-state index contributed by atoms with van der Waals surface area (Å²) in [5.41, 5.74) is 0.102. The molecule has 0 spiro atoms. The van der Waals surface area contributed by atoms with Crippen molar-refractivity contribution in [3.63, 3.8) is 0 Å². The number of carbonyl (C=O) groups is 1. The van der Waals surface area contributed by atoms with Crippen LogP contribution in [0.4, 0.5) is 0 Å². The van der Waals surface area contributed by atoms with Crippen molar-refractivity contribution < 1.29 is 23.1 Å². The fourth-order valence-corrected chi connectivity index (χ4v) is 3.68. The highest BCUT2D eigenvalue weighted by molar-refractivity contribution is 7.91. The zero-order valence-corrected chi connectivity index (χ0v) is 11.2. The maximum absolute atomic E-state index is 11.9. The molecule has 0 saturated carbocycles. The molecular weight excluding hydrogens is 270 g/mol. The van der Waals surface area contributed by atoms with E-state index in [0.717, 1.165) is 0 Å². The molecule has 1 saturated heterocycles. The Hall–Kier alpha value is -1.76. The van der Waals surface area contributed by atoms with Gasteiger partial charge in [0.1, 0.15) is 11.5 Å². The fourth-order valence-electron chi connectivity index (χ4n) is 2.00. The molecular formula is C12H15NO5S. The first-order valence-electron chi connectivity index (χ1n) is 5.79. The molecule has 1 aromatic carbocycles. The lowest BCUT2D eigenvalue weighted by atomic mass is 10.1. The number of carbonyl (C=O) groups excluding carboxylic acids is 1. The van der Waals surface area contributed by atoms with Crippen LogP contribution in [0.3, 0.4) is 0 Å². The zero-order chi connectivity index (χ0) is 14.0. The number of benzene rings is 1. The quantitative estimate of drug-likeness (QED) is 0.834. The number of rotatable bonds is 3. The number of hydrogen-bond acceptors (Lipinski definition) is 5. The summed E-state index contributed by atoms with van der Waals surface area (Å²) >= 11 is 0. The van der Waals surface area contributed by atoms with Gasteiger partial charge in [-0.2, -0.15) is 0 Å². The van der Waals surface area contributed by atoms with Crippen LogP contribution < -0.4 is 10.1 Å². The molecule has 104 valence electrons. The van der Waals surface area contributed by atoms with Crippen LogP contribution in [-0.2, 0) is 9.84 Å². The molecule has 6 nitrogen and oxygen atoms in total. The van der Waals surface area contributed by atoms with Gasteiger partial charge in [0.15, 0.2) is 9.84 Å². The number of phenols is 1. The van der Waals surface area contributed by atoms with Gasteiger partial charge in [-0.15, -0.1) is 0 Å². The van der Waals surface area contributed by atoms with Crippen LogP contribution in [-0.4, -0.2) is 44.1 Å². The summed E-state index contributed by atoms with van der Waals surface area (Å²) < 4.78 is 27.5. The minimum atomic E-state index is -3.04. The van der Waals surface area contributed by atoms with E-state index in [1.807, 2.05) is 0 Å². The van der Waals surface area contributed by atoms with Crippen LogP contribution in [0.2, 0.25) is 0 Å².